The summed E-state index contributed by atoms with van der Waals surface area (Å²) < 4.78 is 5.51. The second-order valence-electron chi connectivity index (χ2n) is 6.71. The first kappa shape index (κ1) is 24.9. The highest BCUT2D eigenvalue weighted by molar-refractivity contribution is 6.40. The van der Waals surface area contributed by atoms with Gasteiger partial charge in [0.05, 0.1) is 25.0 Å². The van der Waals surface area contributed by atoms with Crippen LogP contribution in [0.4, 0.5) is 0 Å². The molecule has 2 atom stereocenters. The van der Waals surface area contributed by atoms with Gasteiger partial charge in [-0.1, -0.05) is 25.1 Å². The quantitative estimate of drug-likeness (QED) is 0.194. The highest BCUT2D eigenvalue weighted by Gasteiger charge is 2.32. The summed E-state index contributed by atoms with van der Waals surface area (Å²) >= 11 is 6.11. The monoisotopic (exact) mass is 426 g/mol. The third kappa shape index (κ3) is 8.00. The largest absolute Gasteiger partial charge is 0.377 e. The van der Waals surface area contributed by atoms with Crippen LogP contribution in [-0.4, -0.2) is 61.9 Å². The van der Waals surface area contributed by atoms with Gasteiger partial charge in [-0.05, 0) is 38.3 Å². The number of nitrogens with one attached hydrogen (secondary N) is 2. The van der Waals surface area contributed by atoms with Crippen molar-refractivity contribution in [2.45, 2.75) is 45.8 Å². The van der Waals surface area contributed by atoms with E-state index in [1.807, 2.05) is 13.8 Å². The summed E-state index contributed by atoms with van der Waals surface area (Å²) in [5.41, 5.74) is 4.20. The van der Waals surface area contributed by atoms with Crippen molar-refractivity contribution in [3.05, 3.63) is 35.2 Å². The normalized spacial score (nSPS) is 21.0. The fourth-order valence-electron chi connectivity index (χ4n) is 2.68. The number of aliphatic imine (C=N–C) groups is 1. The molecule has 1 aliphatic rings. The lowest BCUT2D eigenvalue weighted by Gasteiger charge is -2.37. The Morgan fingerprint density at radius 2 is 2.00 bits per heavy atom. The predicted molar refractivity (Wildman–Crippen MR) is 114 cm³/mol. The lowest BCUT2D eigenvalue weighted by molar-refractivity contribution is -0.130. The molecule has 1 saturated heterocycles. The SMILES string of the molecule is C=C(/C=C/C(=O)N1CCC(NC(=O)/C(C)=N/C(Cl)=C(\C)CC)[C@@H](OC)C1)NOC. The van der Waals surface area contributed by atoms with Crippen LogP contribution < -0.4 is 10.8 Å². The lowest BCUT2D eigenvalue weighted by Crippen LogP contribution is -2.56. The first-order valence-electron chi connectivity index (χ1n) is 9.42. The minimum absolute atomic E-state index is 0.166. The number of hydrogen-bond donors (Lipinski definition) is 2. The number of carbonyl (C=O) groups excluding carboxylic acids is 2. The maximum atomic E-state index is 12.5. The van der Waals surface area contributed by atoms with E-state index in [2.05, 4.69) is 22.4 Å². The van der Waals surface area contributed by atoms with Gasteiger partial charge in [-0.2, -0.15) is 0 Å². The van der Waals surface area contributed by atoms with E-state index in [4.69, 9.17) is 21.2 Å². The molecule has 0 aliphatic carbocycles. The molecule has 1 rings (SSSR count). The van der Waals surface area contributed by atoms with Gasteiger partial charge in [0.2, 0.25) is 5.91 Å². The molecule has 0 saturated carbocycles. The Bertz CT molecular complexity index is 703. The van der Waals surface area contributed by atoms with Crippen molar-refractivity contribution in [3.8, 4) is 0 Å². The van der Waals surface area contributed by atoms with Crippen LogP contribution in [0, 0.1) is 0 Å². The summed E-state index contributed by atoms with van der Waals surface area (Å²) in [4.78, 5) is 35.4. The first-order chi connectivity index (χ1) is 13.7. The molecule has 0 aromatic heterocycles. The van der Waals surface area contributed by atoms with Gasteiger partial charge in [0.25, 0.3) is 5.91 Å². The number of methoxy groups -OCH3 is 1. The van der Waals surface area contributed by atoms with Gasteiger partial charge in [0.15, 0.2) is 0 Å². The molecule has 2 N–H and O–H groups in total. The van der Waals surface area contributed by atoms with Gasteiger partial charge in [0.1, 0.15) is 10.9 Å². The number of hydroxylamine groups is 1. The third-order valence-electron chi connectivity index (χ3n) is 4.63. The summed E-state index contributed by atoms with van der Waals surface area (Å²) in [5, 5.41) is 3.27. The summed E-state index contributed by atoms with van der Waals surface area (Å²) in [6.07, 6.45) is 3.95. The average molecular weight is 427 g/mol. The van der Waals surface area contributed by atoms with Gasteiger partial charge in [0, 0.05) is 26.3 Å². The highest BCUT2D eigenvalue weighted by Crippen LogP contribution is 2.16. The molecular formula is C20H31ClN4O4. The molecule has 8 nitrogen and oxygen atoms in total. The number of allylic oxidation sites excluding steroid dienone is 2. The number of nitrogens with zero attached hydrogens (tertiary/aromatic N) is 2. The van der Waals surface area contributed by atoms with Gasteiger partial charge in [-0.3, -0.25) is 19.9 Å². The molecule has 1 unspecified atom stereocenters. The smallest absolute Gasteiger partial charge is 0.265 e. The van der Waals surface area contributed by atoms with Crippen LogP contribution in [0.15, 0.2) is 40.1 Å². The van der Waals surface area contributed by atoms with Crippen molar-refractivity contribution in [1.29, 1.82) is 0 Å². The summed E-state index contributed by atoms with van der Waals surface area (Å²) in [7, 11) is 3.02. The molecule has 0 bridgehead atoms. The number of likely N-dealkylation sites (tertiary alicyclic amines) is 1. The zero-order valence-corrected chi connectivity index (χ0v) is 18.5. The maximum absolute atomic E-state index is 12.5. The first-order valence-corrected chi connectivity index (χ1v) is 9.80. The molecule has 0 aromatic carbocycles. The number of rotatable bonds is 9. The van der Waals surface area contributed by atoms with Gasteiger partial charge in [-0.25, -0.2) is 4.99 Å². The van der Waals surface area contributed by atoms with E-state index >= 15 is 0 Å². The number of hydrogen-bond acceptors (Lipinski definition) is 6. The van der Waals surface area contributed by atoms with Crippen LogP contribution in [0.25, 0.3) is 0 Å². The Morgan fingerprint density at radius 1 is 1.31 bits per heavy atom. The molecule has 29 heavy (non-hydrogen) atoms. The summed E-state index contributed by atoms with van der Waals surface area (Å²) in [6, 6.07) is -0.231. The van der Waals surface area contributed by atoms with Crippen molar-refractivity contribution >= 4 is 29.1 Å². The minimum Gasteiger partial charge on any atom is -0.377 e. The van der Waals surface area contributed by atoms with Crippen LogP contribution in [-0.2, 0) is 19.2 Å². The fraction of sp³-hybridized carbons (Fsp3) is 0.550. The number of ether oxygens (including phenoxy) is 1. The second-order valence-corrected chi connectivity index (χ2v) is 7.07. The van der Waals surface area contributed by atoms with E-state index in [9.17, 15) is 9.59 Å². The van der Waals surface area contributed by atoms with Crippen LogP contribution in [0.2, 0.25) is 0 Å². The standard InChI is InChI=1S/C20H31ClN4O4/c1-7-13(2)19(21)22-15(4)20(27)23-16-10-11-25(12-17(16)28-5)18(26)9-8-14(3)24-29-6/h8-9,16-17,24H,3,7,10-12H2,1-2,4-6H3,(H,23,27)/b9-8+,19-13+,22-15+/t16?,17-/m0/s1. The van der Waals surface area contributed by atoms with Crippen molar-refractivity contribution < 1.29 is 19.2 Å². The molecular weight excluding hydrogens is 396 g/mol. The van der Waals surface area contributed by atoms with E-state index in [0.29, 0.717) is 30.4 Å². The van der Waals surface area contributed by atoms with Gasteiger partial charge in [-0.15, -0.1) is 0 Å². The minimum atomic E-state index is -0.332. The zero-order chi connectivity index (χ0) is 22.0. The Hall–Kier alpha value is -2.16. The average Bonchev–Trinajstić information content (AvgIpc) is 2.71. The van der Waals surface area contributed by atoms with Crippen LogP contribution in [0.5, 0.6) is 0 Å². The van der Waals surface area contributed by atoms with Gasteiger partial charge < -0.3 is 15.0 Å². The number of amides is 2. The molecule has 2 amide bonds. The fourth-order valence-corrected chi connectivity index (χ4v) is 2.94. The van der Waals surface area contributed by atoms with Crippen molar-refractivity contribution in [2.75, 3.05) is 27.3 Å². The topological polar surface area (TPSA) is 92.3 Å². The number of carbonyl (C=O) groups is 2. The molecule has 162 valence electrons. The Morgan fingerprint density at radius 3 is 2.59 bits per heavy atom. The lowest BCUT2D eigenvalue weighted by atomic mass is 10.0. The van der Waals surface area contributed by atoms with Crippen LogP contribution >= 0.6 is 11.6 Å². The summed E-state index contributed by atoms with van der Waals surface area (Å²) in [5.74, 6) is -0.471. The van der Waals surface area contributed by atoms with Crippen molar-refractivity contribution in [3.63, 3.8) is 0 Å². The number of piperidine rings is 1. The van der Waals surface area contributed by atoms with Crippen LogP contribution in [0.3, 0.4) is 0 Å². The third-order valence-corrected chi connectivity index (χ3v) is 5.03. The van der Waals surface area contributed by atoms with Gasteiger partial charge >= 0.3 is 0 Å². The molecule has 1 aliphatic heterocycles. The molecule has 0 radical (unpaired) electrons. The summed E-state index contributed by atoms with van der Waals surface area (Å²) in [6.45, 7) is 10.0. The van der Waals surface area contributed by atoms with Crippen LogP contribution in [0.1, 0.15) is 33.6 Å². The van der Waals surface area contributed by atoms with E-state index < -0.39 is 0 Å². The van der Waals surface area contributed by atoms with E-state index in [0.717, 1.165) is 12.0 Å². The predicted octanol–water partition coefficient (Wildman–Crippen LogP) is 2.28. The van der Waals surface area contributed by atoms with E-state index in [1.165, 1.54) is 19.3 Å². The molecule has 0 spiro atoms. The van der Waals surface area contributed by atoms with Crippen molar-refractivity contribution in [2.24, 2.45) is 4.99 Å². The Balaban J connectivity index is 2.71. The Labute approximate surface area is 177 Å². The molecule has 9 heteroatoms. The molecule has 1 heterocycles. The maximum Gasteiger partial charge on any atom is 0.265 e. The van der Waals surface area contributed by atoms with Crippen molar-refractivity contribution in [1.82, 2.24) is 15.7 Å². The molecule has 1 fully saturated rings. The highest BCUT2D eigenvalue weighted by atomic mass is 35.5. The molecule has 0 aromatic rings. The second kappa shape index (κ2) is 12.4. The zero-order valence-electron chi connectivity index (χ0n) is 17.8. The van der Waals surface area contributed by atoms with E-state index in [1.54, 1.807) is 18.9 Å². The Kier molecular flexibility index (Phi) is 10.6. The number of halogens is 1. The van der Waals surface area contributed by atoms with E-state index in [-0.39, 0.29) is 29.7 Å².